The smallest absolute Gasteiger partial charge is 0.188 e. The quantitative estimate of drug-likeness (QED) is 0.313. The van der Waals surface area contributed by atoms with Crippen LogP contribution in [-0.2, 0) is 0 Å². The minimum atomic E-state index is 0. The van der Waals surface area contributed by atoms with Crippen molar-refractivity contribution in [1.29, 1.82) is 0 Å². The molecule has 1 aliphatic rings. The summed E-state index contributed by atoms with van der Waals surface area (Å²) >= 11 is 6.12. The van der Waals surface area contributed by atoms with Crippen LogP contribution in [0.4, 0.5) is 5.69 Å². The summed E-state index contributed by atoms with van der Waals surface area (Å²) in [6.07, 6.45) is 1.15. The zero-order valence-corrected chi connectivity index (χ0v) is 16.9. The van der Waals surface area contributed by atoms with Gasteiger partial charge in [-0.1, -0.05) is 29.8 Å². The molecule has 0 saturated carbocycles. The van der Waals surface area contributed by atoms with Crippen molar-refractivity contribution < 1.29 is 0 Å². The van der Waals surface area contributed by atoms with E-state index in [1.54, 1.807) is 0 Å². The Balaban J connectivity index is 0.00000264. The third kappa shape index (κ3) is 6.22. The average Bonchev–Trinajstić information content (AvgIpc) is 2.94. The molecule has 0 spiro atoms. The molecule has 1 aromatic carbocycles. The molecular formula is C17H26ClIN4. The number of guanidine groups is 1. The number of anilines is 1. The number of hydrogen-bond acceptors (Lipinski definition) is 2. The van der Waals surface area contributed by atoms with Crippen LogP contribution in [-0.4, -0.2) is 32.1 Å². The fraction of sp³-hybridized carbons (Fsp3) is 0.471. The van der Waals surface area contributed by atoms with Crippen LogP contribution in [0.2, 0.25) is 5.02 Å². The molecule has 23 heavy (non-hydrogen) atoms. The standard InChI is InChI=1S/C17H25ClN4.HI/c1-12(2)9-20-17(19)21-10-14-6-7-22(11-14)16-8-15(18)5-4-13(16)3;/h4-5,8,14H,1,6-7,9-11H2,2-3H3,(H3,19,20,21);1H. The lowest BCUT2D eigenvalue weighted by molar-refractivity contribution is 0.570. The van der Waals surface area contributed by atoms with Crippen LogP contribution in [0.25, 0.3) is 0 Å². The van der Waals surface area contributed by atoms with Gasteiger partial charge in [-0.3, -0.25) is 0 Å². The largest absolute Gasteiger partial charge is 0.371 e. The number of nitrogens with zero attached hydrogens (tertiary/aromatic N) is 2. The van der Waals surface area contributed by atoms with Crippen LogP contribution >= 0.6 is 35.6 Å². The first-order chi connectivity index (χ1) is 10.5. The molecule has 1 aromatic rings. The second-order valence-corrected chi connectivity index (χ2v) is 6.51. The lowest BCUT2D eigenvalue weighted by Gasteiger charge is -2.21. The lowest BCUT2D eigenvalue weighted by atomic mass is 10.1. The highest BCUT2D eigenvalue weighted by Gasteiger charge is 2.23. The molecule has 1 saturated heterocycles. The van der Waals surface area contributed by atoms with Gasteiger partial charge in [0.25, 0.3) is 0 Å². The molecule has 128 valence electrons. The summed E-state index contributed by atoms with van der Waals surface area (Å²) in [5, 5.41) is 4.00. The van der Waals surface area contributed by atoms with E-state index in [4.69, 9.17) is 17.3 Å². The maximum atomic E-state index is 6.12. The number of benzene rings is 1. The van der Waals surface area contributed by atoms with E-state index in [-0.39, 0.29) is 24.0 Å². The van der Waals surface area contributed by atoms with Crippen molar-refractivity contribution in [1.82, 2.24) is 5.32 Å². The maximum absolute atomic E-state index is 6.12. The van der Waals surface area contributed by atoms with Gasteiger partial charge >= 0.3 is 0 Å². The zero-order chi connectivity index (χ0) is 16.1. The van der Waals surface area contributed by atoms with Gasteiger partial charge in [0.05, 0.1) is 6.54 Å². The van der Waals surface area contributed by atoms with E-state index < -0.39 is 0 Å². The first kappa shape index (κ1) is 20.1. The van der Waals surface area contributed by atoms with Crippen LogP contribution in [0, 0.1) is 12.8 Å². The summed E-state index contributed by atoms with van der Waals surface area (Å²) in [6.45, 7) is 11.4. The Morgan fingerprint density at radius 2 is 2.26 bits per heavy atom. The molecule has 1 heterocycles. The summed E-state index contributed by atoms with van der Waals surface area (Å²) in [6, 6.07) is 6.06. The molecule has 6 heteroatoms. The molecule has 1 unspecified atom stereocenters. The summed E-state index contributed by atoms with van der Waals surface area (Å²) < 4.78 is 0. The van der Waals surface area contributed by atoms with Crippen molar-refractivity contribution >= 4 is 47.2 Å². The van der Waals surface area contributed by atoms with E-state index in [0.29, 0.717) is 18.4 Å². The maximum Gasteiger partial charge on any atom is 0.188 e. The van der Waals surface area contributed by atoms with Gasteiger partial charge in [-0.2, -0.15) is 0 Å². The van der Waals surface area contributed by atoms with Crippen molar-refractivity contribution in [3.63, 3.8) is 0 Å². The highest BCUT2D eigenvalue weighted by molar-refractivity contribution is 14.0. The van der Waals surface area contributed by atoms with Crippen molar-refractivity contribution in [3.05, 3.63) is 40.9 Å². The van der Waals surface area contributed by atoms with Crippen molar-refractivity contribution in [3.8, 4) is 0 Å². The summed E-state index contributed by atoms with van der Waals surface area (Å²) in [5.41, 5.74) is 9.36. The summed E-state index contributed by atoms with van der Waals surface area (Å²) in [7, 11) is 0. The first-order valence-electron chi connectivity index (χ1n) is 7.65. The minimum Gasteiger partial charge on any atom is -0.371 e. The Labute approximate surface area is 161 Å². The predicted molar refractivity (Wildman–Crippen MR) is 111 cm³/mol. The average molecular weight is 449 g/mol. The van der Waals surface area contributed by atoms with Gasteiger partial charge in [0, 0.05) is 30.3 Å². The number of rotatable bonds is 5. The van der Waals surface area contributed by atoms with Crippen LogP contribution in [0.5, 0.6) is 0 Å². The molecule has 1 aliphatic heterocycles. The van der Waals surface area contributed by atoms with Gasteiger partial charge in [-0.25, -0.2) is 4.99 Å². The first-order valence-corrected chi connectivity index (χ1v) is 8.02. The normalized spacial score (nSPS) is 17.8. The molecule has 1 fully saturated rings. The van der Waals surface area contributed by atoms with Crippen LogP contribution in [0.1, 0.15) is 18.9 Å². The van der Waals surface area contributed by atoms with Crippen LogP contribution < -0.4 is 16.0 Å². The fourth-order valence-electron chi connectivity index (χ4n) is 2.67. The number of nitrogens with one attached hydrogen (secondary N) is 1. The lowest BCUT2D eigenvalue weighted by Crippen LogP contribution is -2.36. The molecular weight excluding hydrogens is 423 g/mol. The Kier molecular flexibility index (Phi) is 8.19. The zero-order valence-electron chi connectivity index (χ0n) is 13.8. The summed E-state index contributed by atoms with van der Waals surface area (Å²) in [4.78, 5) is 6.64. The third-order valence-electron chi connectivity index (χ3n) is 3.89. The van der Waals surface area contributed by atoms with E-state index in [1.807, 2.05) is 13.0 Å². The predicted octanol–water partition coefficient (Wildman–Crippen LogP) is 3.57. The molecule has 0 bridgehead atoms. The number of hydrogen-bond donors (Lipinski definition) is 2. The second kappa shape index (κ2) is 9.37. The van der Waals surface area contributed by atoms with E-state index in [2.05, 4.69) is 40.8 Å². The molecule has 0 amide bonds. The van der Waals surface area contributed by atoms with Gasteiger partial charge in [0.2, 0.25) is 0 Å². The number of aliphatic imine (C=N–C) groups is 1. The number of nitrogens with two attached hydrogens (primary N) is 1. The van der Waals surface area contributed by atoms with E-state index in [9.17, 15) is 0 Å². The van der Waals surface area contributed by atoms with Gasteiger partial charge in [-0.05, 0) is 43.9 Å². The minimum absolute atomic E-state index is 0. The van der Waals surface area contributed by atoms with Gasteiger partial charge in [0.1, 0.15) is 0 Å². The van der Waals surface area contributed by atoms with E-state index in [1.165, 1.54) is 11.3 Å². The SMILES string of the molecule is C=C(C)CN=C(N)NCC1CCN(c2cc(Cl)ccc2C)C1.I. The van der Waals surface area contributed by atoms with Gasteiger partial charge in [0.15, 0.2) is 5.96 Å². The molecule has 4 nitrogen and oxygen atoms in total. The van der Waals surface area contributed by atoms with Crippen molar-refractivity contribution in [2.24, 2.45) is 16.6 Å². The second-order valence-electron chi connectivity index (χ2n) is 6.07. The number of aryl methyl sites for hydroxylation is 1. The van der Waals surface area contributed by atoms with Gasteiger partial charge < -0.3 is 16.0 Å². The topological polar surface area (TPSA) is 53.6 Å². The van der Waals surface area contributed by atoms with E-state index in [0.717, 1.165) is 36.7 Å². The monoisotopic (exact) mass is 448 g/mol. The van der Waals surface area contributed by atoms with Crippen molar-refractivity contribution in [2.75, 3.05) is 31.1 Å². The Morgan fingerprint density at radius 3 is 2.96 bits per heavy atom. The third-order valence-corrected chi connectivity index (χ3v) is 4.12. The molecule has 0 aliphatic carbocycles. The van der Waals surface area contributed by atoms with Crippen LogP contribution in [0.15, 0.2) is 35.3 Å². The molecule has 0 aromatic heterocycles. The Bertz CT molecular complexity index is 574. The molecule has 3 N–H and O–H groups in total. The molecule has 2 rings (SSSR count). The van der Waals surface area contributed by atoms with E-state index >= 15 is 0 Å². The summed E-state index contributed by atoms with van der Waals surface area (Å²) in [5.74, 6) is 1.07. The number of halogens is 2. The molecule has 0 radical (unpaired) electrons. The van der Waals surface area contributed by atoms with Gasteiger partial charge in [-0.15, -0.1) is 24.0 Å². The highest BCUT2D eigenvalue weighted by atomic mass is 127. The highest BCUT2D eigenvalue weighted by Crippen LogP contribution is 2.29. The van der Waals surface area contributed by atoms with Crippen LogP contribution in [0.3, 0.4) is 0 Å². The Morgan fingerprint density at radius 1 is 1.52 bits per heavy atom. The molecule has 1 atom stereocenters. The fourth-order valence-corrected chi connectivity index (χ4v) is 2.83. The Hall–Kier alpha value is -0.950. The van der Waals surface area contributed by atoms with Crippen molar-refractivity contribution in [2.45, 2.75) is 20.3 Å².